The summed E-state index contributed by atoms with van der Waals surface area (Å²) in [6.45, 7) is 6.44. The highest BCUT2D eigenvalue weighted by atomic mass is 16.2. The molecule has 1 aliphatic rings. The molecule has 0 saturated carbocycles. The minimum atomic E-state index is -0.0727. The number of hydrogen-bond acceptors (Lipinski definition) is 2. The van der Waals surface area contributed by atoms with E-state index in [1.807, 2.05) is 23.1 Å². The van der Waals surface area contributed by atoms with Crippen LogP contribution in [0.1, 0.15) is 45.6 Å². The molecular weight excluding hydrogens is 248 g/mol. The number of rotatable bonds is 6. The predicted molar refractivity (Wildman–Crippen MR) is 82.4 cm³/mol. The van der Waals surface area contributed by atoms with Crippen molar-refractivity contribution < 1.29 is 4.79 Å². The first kappa shape index (κ1) is 15.0. The van der Waals surface area contributed by atoms with Gasteiger partial charge in [-0.25, -0.2) is 0 Å². The molecule has 20 heavy (non-hydrogen) atoms. The molecule has 3 nitrogen and oxygen atoms in total. The summed E-state index contributed by atoms with van der Waals surface area (Å²) >= 11 is 0. The predicted octanol–water partition coefficient (Wildman–Crippen LogP) is 2.95. The van der Waals surface area contributed by atoms with Crippen LogP contribution >= 0.6 is 0 Å². The molecule has 0 spiro atoms. The summed E-state index contributed by atoms with van der Waals surface area (Å²) in [5, 5.41) is 3.44. The van der Waals surface area contributed by atoms with Crippen molar-refractivity contribution in [2.24, 2.45) is 0 Å². The van der Waals surface area contributed by atoms with Gasteiger partial charge in [0.15, 0.2) is 0 Å². The SMILES string of the molecule is CCCCC(C)N1C(=O)C(Cc2ccccc2)NC1C. The van der Waals surface area contributed by atoms with Crippen LogP contribution in [0, 0.1) is 0 Å². The number of carbonyl (C=O) groups excluding carboxylic acids is 1. The summed E-state index contributed by atoms with van der Waals surface area (Å²) in [5.41, 5.74) is 1.22. The van der Waals surface area contributed by atoms with Gasteiger partial charge in [-0.05, 0) is 32.3 Å². The lowest BCUT2D eigenvalue weighted by Gasteiger charge is -2.28. The number of nitrogens with zero attached hydrogens (tertiary/aromatic N) is 1. The molecule has 1 saturated heterocycles. The maximum Gasteiger partial charge on any atom is 0.241 e. The molecule has 3 atom stereocenters. The summed E-state index contributed by atoms with van der Waals surface area (Å²) in [7, 11) is 0. The first-order valence-corrected chi connectivity index (χ1v) is 7.75. The van der Waals surface area contributed by atoms with E-state index in [1.165, 1.54) is 18.4 Å². The van der Waals surface area contributed by atoms with Gasteiger partial charge in [-0.1, -0.05) is 50.1 Å². The number of benzene rings is 1. The third-order valence-electron chi connectivity index (χ3n) is 4.15. The van der Waals surface area contributed by atoms with Crippen LogP contribution in [0.4, 0.5) is 0 Å². The van der Waals surface area contributed by atoms with Crippen LogP contribution in [-0.2, 0) is 11.2 Å². The zero-order valence-corrected chi connectivity index (χ0v) is 12.8. The Kier molecular flexibility index (Phi) is 5.18. The Morgan fingerprint density at radius 1 is 1.30 bits per heavy atom. The molecule has 1 fully saturated rings. The lowest BCUT2D eigenvalue weighted by molar-refractivity contribution is -0.131. The molecule has 1 N–H and O–H groups in total. The van der Waals surface area contributed by atoms with Gasteiger partial charge < -0.3 is 4.90 Å². The van der Waals surface area contributed by atoms with E-state index in [-0.39, 0.29) is 18.1 Å². The van der Waals surface area contributed by atoms with Gasteiger partial charge in [0.2, 0.25) is 5.91 Å². The summed E-state index contributed by atoms with van der Waals surface area (Å²) < 4.78 is 0. The van der Waals surface area contributed by atoms with E-state index in [2.05, 4.69) is 38.2 Å². The average Bonchev–Trinajstić information content (AvgIpc) is 2.72. The Bertz CT molecular complexity index is 432. The average molecular weight is 274 g/mol. The minimum Gasteiger partial charge on any atom is -0.323 e. The number of nitrogens with one attached hydrogen (secondary N) is 1. The van der Waals surface area contributed by atoms with Gasteiger partial charge in [0.1, 0.15) is 0 Å². The van der Waals surface area contributed by atoms with Crippen LogP contribution < -0.4 is 5.32 Å². The lowest BCUT2D eigenvalue weighted by Crippen LogP contribution is -2.41. The van der Waals surface area contributed by atoms with E-state index in [9.17, 15) is 4.79 Å². The molecule has 0 aliphatic carbocycles. The topological polar surface area (TPSA) is 32.3 Å². The zero-order chi connectivity index (χ0) is 14.5. The van der Waals surface area contributed by atoms with Gasteiger partial charge in [-0.2, -0.15) is 0 Å². The fourth-order valence-electron chi connectivity index (χ4n) is 3.05. The Balaban J connectivity index is 1.99. The van der Waals surface area contributed by atoms with Gasteiger partial charge in [-0.3, -0.25) is 10.1 Å². The van der Waals surface area contributed by atoms with E-state index in [1.54, 1.807) is 0 Å². The second-order valence-electron chi connectivity index (χ2n) is 5.82. The Labute approximate surface area is 122 Å². The van der Waals surface area contributed by atoms with Crippen molar-refractivity contribution in [1.82, 2.24) is 10.2 Å². The largest absolute Gasteiger partial charge is 0.323 e. The zero-order valence-electron chi connectivity index (χ0n) is 12.8. The van der Waals surface area contributed by atoms with Crippen molar-refractivity contribution in [2.45, 2.75) is 64.7 Å². The van der Waals surface area contributed by atoms with Gasteiger partial charge in [0.05, 0.1) is 12.2 Å². The molecule has 2 rings (SSSR count). The van der Waals surface area contributed by atoms with Crippen LogP contribution in [0.15, 0.2) is 30.3 Å². The third-order valence-corrected chi connectivity index (χ3v) is 4.15. The van der Waals surface area contributed by atoms with Crippen molar-refractivity contribution in [3.8, 4) is 0 Å². The highest BCUT2D eigenvalue weighted by Crippen LogP contribution is 2.20. The number of carbonyl (C=O) groups is 1. The van der Waals surface area contributed by atoms with Crippen LogP contribution in [0.25, 0.3) is 0 Å². The van der Waals surface area contributed by atoms with E-state index in [0.29, 0.717) is 6.04 Å². The van der Waals surface area contributed by atoms with E-state index < -0.39 is 0 Å². The maximum absolute atomic E-state index is 12.6. The normalized spacial score (nSPS) is 24.1. The van der Waals surface area contributed by atoms with Crippen molar-refractivity contribution in [3.05, 3.63) is 35.9 Å². The third kappa shape index (κ3) is 3.40. The Morgan fingerprint density at radius 3 is 2.65 bits per heavy atom. The first-order valence-electron chi connectivity index (χ1n) is 7.75. The maximum atomic E-state index is 12.6. The van der Waals surface area contributed by atoms with Crippen molar-refractivity contribution in [1.29, 1.82) is 0 Å². The Morgan fingerprint density at radius 2 is 2.00 bits per heavy atom. The van der Waals surface area contributed by atoms with Gasteiger partial charge in [0.25, 0.3) is 0 Å². The molecule has 1 amide bonds. The van der Waals surface area contributed by atoms with Crippen molar-refractivity contribution >= 4 is 5.91 Å². The van der Waals surface area contributed by atoms with E-state index in [4.69, 9.17) is 0 Å². The monoisotopic (exact) mass is 274 g/mol. The number of hydrogen-bond donors (Lipinski definition) is 1. The molecular formula is C17H26N2O. The fraction of sp³-hybridized carbons (Fsp3) is 0.588. The smallest absolute Gasteiger partial charge is 0.241 e. The summed E-state index contributed by atoms with van der Waals surface area (Å²) in [6, 6.07) is 10.5. The second kappa shape index (κ2) is 6.89. The standard InChI is InChI=1S/C17H26N2O/c1-4-5-9-13(2)19-14(3)18-16(17(19)20)12-15-10-7-6-8-11-15/h6-8,10-11,13-14,16,18H,4-5,9,12H2,1-3H3. The highest BCUT2D eigenvalue weighted by molar-refractivity contribution is 5.84. The molecule has 3 unspecified atom stereocenters. The molecule has 1 aliphatic heterocycles. The van der Waals surface area contributed by atoms with Crippen LogP contribution in [0.5, 0.6) is 0 Å². The van der Waals surface area contributed by atoms with Crippen LogP contribution in [-0.4, -0.2) is 29.1 Å². The molecule has 0 bridgehead atoms. The minimum absolute atomic E-state index is 0.0727. The second-order valence-corrected chi connectivity index (χ2v) is 5.82. The molecule has 1 aromatic rings. The molecule has 3 heteroatoms. The van der Waals surface area contributed by atoms with E-state index in [0.717, 1.165) is 12.8 Å². The van der Waals surface area contributed by atoms with Gasteiger partial charge in [0, 0.05) is 6.04 Å². The molecule has 1 heterocycles. The molecule has 0 radical (unpaired) electrons. The molecule has 0 aromatic heterocycles. The quantitative estimate of drug-likeness (QED) is 0.865. The summed E-state index contributed by atoms with van der Waals surface area (Å²) in [6.07, 6.45) is 4.37. The van der Waals surface area contributed by atoms with Crippen molar-refractivity contribution in [2.75, 3.05) is 0 Å². The van der Waals surface area contributed by atoms with Gasteiger partial charge >= 0.3 is 0 Å². The highest BCUT2D eigenvalue weighted by Gasteiger charge is 2.38. The van der Waals surface area contributed by atoms with Crippen molar-refractivity contribution in [3.63, 3.8) is 0 Å². The Hall–Kier alpha value is -1.35. The molecule has 1 aromatic carbocycles. The fourth-order valence-corrected chi connectivity index (χ4v) is 3.05. The number of unbranched alkanes of at least 4 members (excludes halogenated alkanes) is 1. The molecule has 110 valence electrons. The summed E-state index contributed by atoms with van der Waals surface area (Å²) in [5.74, 6) is 0.255. The lowest BCUT2D eigenvalue weighted by atomic mass is 10.1. The van der Waals surface area contributed by atoms with Crippen LogP contribution in [0.3, 0.4) is 0 Å². The summed E-state index contributed by atoms with van der Waals surface area (Å²) in [4.78, 5) is 14.6. The van der Waals surface area contributed by atoms with E-state index >= 15 is 0 Å². The van der Waals surface area contributed by atoms with Crippen LogP contribution in [0.2, 0.25) is 0 Å². The van der Waals surface area contributed by atoms with Gasteiger partial charge in [-0.15, -0.1) is 0 Å². The number of amides is 1. The first-order chi connectivity index (χ1) is 9.63.